The Balaban J connectivity index is 1.56. The number of rotatable bonds is 4. The smallest absolute Gasteiger partial charge is 0.241 e. The molecule has 4 rings (SSSR count). The minimum absolute atomic E-state index is 0.0346. The van der Waals surface area contributed by atoms with Gasteiger partial charge in [-0.2, -0.15) is 0 Å². The number of benzene rings is 1. The van der Waals surface area contributed by atoms with Gasteiger partial charge in [0.05, 0.1) is 19.6 Å². The van der Waals surface area contributed by atoms with Crippen molar-refractivity contribution >= 4 is 16.8 Å². The van der Waals surface area contributed by atoms with Crippen LogP contribution in [0.15, 0.2) is 34.9 Å². The zero-order valence-corrected chi connectivity index (χ0v) is 14.9. The molecule has 1 aromatic carbocycles. The summed E-state index contributed by atoms with van der Waals surface area (Å²) in [6.07, 6.45) is 2.23. The first-order valence-electron chi connectivity index (χ1n) is 8.89. The number of aromatic amines is 1. The second-order valence-corrected chi connectivity index (χ2v) is 6.85. The van der Waals surface area contributed by atoms with Gasteiger partial charge in [-0.3, -0.25) is 4.79 Å². The molecule has 26 heavy (non-hydrogen) atoms. The first-order chi connectivity index (χ1) is 12.6. The maximum atomic E-state index is 13.0. The van der Waals surface area contributed by atoms with Crippen LogP contribution in [0.25, 0.3) is 10.9 Å². The lowest BCUT2D eigenvalue weighted by atomic mass is 10.1. The summed E-state index contributed by atoms with van der Waals surface area (Å²) in [7, 11) is 0. The molecule has 0 aliphatic carbocycles. The topological polar surface area (TPSA) is 84.3 Å². The van der Waals surface area contributed by atoms with Crippen molar-refractivity contribution in [1.82, 2.24) is 20.1 Å². The monoisotopic (exact) mass is 354 g/mol. The summed E-state index contributed by atoms with van der Waals surface area (Å²) < 4.78 is 11.3. The summed E-state index contributed by atoms with van der Waals surface area (Å²) in [6, 6.07) is 7.66. The van der Waals surface area contributed by atoms with E-state index in [2.05, 4.69) is 15.2 Å². The van der Waals surface area contributed by atoms with Gasteiger partial charge in [-0.1, -0.05) is 32.0 Å². The average molecular weight is 354 g/mol. The van der Waals surface area contributed by atoms with Crippen LogP contribution in [0.4, 0.5) is 0 Å². The van der Waals surface area contributed by atoms with Crippen LogP contribution in [0.2, 0.25) is 0 Å². The number of para-hydroxylation sites is 1. The number of hydrogen-bond acceptors (Lipinski definition) is 5. The van der Waals surface area contributed by atoms with E-state index in [1.165, 1.54) is 0 Å². The third-order valence-electron chi connectivity index (χ3n) is 4.70. The fourth-order valence-corrected chi connectivity index (χ4v) is 3.26. The number of hydrogen-bond donors (Lipinski definition) is 1. The molecule has 1 N–H and O–H groups in total. The van der Waals surface area contributed by atoms with Gasteiger partial charge < -0.3 is 19.0 Å². The van der Waals surface area contributed by atoms with Crippen LogP contribution in [-0.4, -0.2) is 45.7 Å². The SMILES string of the molecule is CC(C)c1nnc([C@H]2COCCN2C(=O)Cc2c[nH]c3ccccc23)o1. The van der Waals surface area contributed by atoms with Crippen LogP contribution in [-0.2, 0) is 16.0 Å². The Morgan fingerprint density at radius 2 is 2.19 bits per heavy atom. The predicted molar refractivity (Wildman–Crippen MR) is 95.7 cm³/mol. The number of ether oxygens (including phenoxy) is 1. The molecule has 136 valence electrons. The Morgan fingerprint density at radius 1 is 1.35 bits per heavy atom. The van der Waals surface area contributed by atoms with Crippen LogP contribution in [0.1, 0.15) is 43.2 Å². The fraction of sp³-hybridized carbons (Fsp3) is 0.421. The van der Waals surface area contributed by atoms with Gasteiger partial charge in [0.2, 0.25) is 17.7 Å². The van der Waals surface area contributed by atoms with Gasteiger partial charge in [-0.25, -0.2) is 0 Å². The first kappa shape index (κ1) is 16.8. The molecular formula is C19H22N4O3. The van der Waals surface area contributed by atoms with Crippen LogP contribution in [0.5, 0.6) is 0 Å². The number of nitrogens with zero attached hydrogens (tertiary/aromatic N) is 3. The van der Waals surface area contributed by atoms with Crippen molar-refractivity contribution in [3.63, 3.8) is 0 Å². The Labute approximate surface area is 151 Å². The highest BCUT2D eigenvalue weighted by Gasteiger charge is 2.33. The number of aromatic nitrogens is 3. The number of carbonyl (C=O) groups is 1. The number of carbonyl (C=O) groups excluding carboxylic acids is 1. The maximum Gasteiger partial charge on any atom is 0.241 e. The molecule has 1 aliphatic heterocycles. The van der Waals surface area contributed by atoms with E-state index in [9.17, 15) is 4.79 Å². The zero-order chi connectivity index (χ0) is 18.1. The number of nitrogens with one attached hydrogen (secondary N) is 1. The lowest BCUT2D eigenvalue weighted by molar-refractivity contribution is -0.140. The fourth-order valence-electron chi connectivity index (χ4n) is 3.26. The van der Waals surface area contributed by atoms with E-state index in [0.29, 0.717) is 38.0 Å². The van der Waals surface area contributed by atoms with Crippen LogP contribution in [0.3, 0.4) is 0 Å². The molecule has 7 nitrogen and oxygen atoms in total. The molecule has 0 unspecified atom stereocenters. The van der Waals surface area contributed by atoms with Gasteiger partial charge in [-0.15, -0.1) is 10.2 Å². The Morgan fingerprint density at radius 3 is 3.00 bits per heavy atom. The van der Waals surface area contributed by atoms with Crippen molar-refractivity contribution in [3.8, 4) is 0 Å². The number of H-pyrrole nitrogens is 1. The third-order valence-corrected chi connectivity index (χ3v) is 4.70. The molecule has 1 aliphatic rings. The van der Waals surface area contributed by atoms with E-state index in [4.69, 9.17) is 9.15 Å². The summed E-state index contributed by atoms with van der Waals surface area (Å²) in [5.74, 6) is 1.21. The summed E-state index contributed by atoms with van der Waals surface area (Å²) in [5, 5.41) is 9.30. The van der Waals surface area contributed by atoms with Crippen molar-refractivity contribution < 1.29 is 13.9 Å². The highest BCUT2D eigenvalue weighted by atomic mass is 16.5. The van der Waals surface area contributed by atoms with E-state index in [0.717, 1.165) is 16.5 Å². The van der Waals surface area contributed by atoms with Gasteiger partial charge in [0.25, 0.3) is 0 Å². The molecule has 1 fully saturated rings. The standard InChI is InChI=1S/C19H22N4O3/c1-12(2)18-21-22-19(26-18)16-11-25-8-7-23(16)17(24)9-13-10-20-15-6-4-3-5-14(13)15/h3-6,10,12,16,20H,7-9,11H2,1-2H3/t16-/m1/s1. The molecule has 7 heteroatoms. The maximum absolute atomic E-state index is 13.0. The van der Waals surface area contributed by atoms with E-state index in [1.807, 2.05) is 44.3 Å². The highest BCUT2D eigenvalue weighted by Crippen LogP contribution is 2.27. The molecule has 1 amide bonds. The number of morpholine rings is 1. The number of fused-ring (bicyclic) bond motifs is 1. The minimum atomic E-state index is -0.332. The molecule has 2 aromatic heterocycles. The van der Waals surface area contributed by atoms with Crippen LogP contribution < -0.4 is 0 Å². The Hall–Kier alpha value is -2.67. The van der Waals surface area contributed by atoms with Gasteiger partial charge in [0.15, 0.2) is 0 Å². The Bertz CT molecular complexity index is 914. The first-order valence-corrected chi connectivity index (χ1v) is 8.89. The lowest BCUT2D eigenvalue weighted by Crippen LogP contribution is -2.44. The van der Waals surface area contributed by atoms with Crippen molar-refractivity contribution in [3.05, 3.63) is 47.8 Å². The predicted octanol–water partition coefficient (Wildman–Crippen LogP) is 2.82. The van der Waals surface area contributed by atoms with Crippen molar-refractivity contribution in [2.24, 2.45) is 0 Å². The number of amides is 1. The van der Waals surface area contributed by atoms with Gasteiger partial charge in [0.1, 0.15) is 6.04 Å². The quantitative estimate of drug-likeness (QED) is 0.779. The second kappa shape index (κ2) is 6.92. The van der Waals surface area contributed by atoms with E-state index < -0.39 is 0 Å². The van der Waals surface area contributed by atoms with Crippen LogP contribution >= 0.6 is 0 Å². The summed E-state index contributed by atoms with van der Waals surface area (Å²) in [4.78, 5) is 18.0. The molecule has 0 spiro atoms. The van der Waals surface area contributed by atoms with Gasteiger partial charge in [0, 0.05) is 29.6 Å². The van der Waals surface area contributed by atoms with E-state index >= 15 is 0 Å². The minimum Gasteiger partial charge on any atom is -0.423 e. The largest absolute Gasteiger partial charge is 0.423 e. The van der Waals surface area contributed by atoms with Crippen molar-refractivity contribution in [1.29, 1.82) is 0 Å². The third kappa shape index (κ3) is 3.10. The van der Waals surface area contributed by atoms with E-state index in [1.54, 1.807) is 4.90 Å². The average Bonchev–Trinajstić information content (AvgIpc) is 3.30. The molecule has 0 bridgehead atoms. The molecule has 0 radical (unpaired) electrons. The molecule has 3 aromatic rings. The molecule has 0 saturated carbocycles. The molecule has 3 heterocycles. The lowest BCUT2D eigenvalue weighted by Gasteiger charge is -2.33. The summed E-state index contributed by atoms with van der Waals surface area (Å²) >= 11 is 0. The summed E-state index contributed by atoms with van der Waals surface area (Å²) in [5.41, 5.74) is 2.02. The Kier molecular flexibility index (Phi) is 4.46. The molecule has 1 atom stereocenters. The second-order valence-electron chi connectivity index (χ2n) is 6.85. The molecular weight excluding hydrogens is 332 g/mol. The molecule has 1 saturated heterocycles. The normalized spacial score (nSPS) is 18.0. The van der Waals surface area contributed by atoms with Crippen molar-refractivity contribution in [2.75, 3.05) is 19.8 Å². The summed E-state index contributed by atoms with van der Waals surface area (Å²) in [6.45, 7) is 5.40. The van der Waals surface area contributed by atoms with Crippen molar-refractivity contribution in [2.45, 2.75) is 32.2 Å². The van der Waals surface area contributed by atoms with E-state index in [-0.39, 0.29) is 17.9 Å². The highest BCUT2D eigenvalue weighted by molar-refractivity contribution is 5.89. The van der Waals surface area contributed by atoms with Crippen LogP contribution in [0, 0.1) is 0 Å². The van der Waals surface area contributed by atoms with Gasteiger partial charge in [-0.05, 0) is 11.6 Å². The zero-order valence-electron chi connectivity index (χ0n) is 14.9. The van der Waals surface area contributed by atoms with Gasteiger partial charge >= 0.3 is 0 Å².